The molecule has 8 heteroatoms. The number of furan rings is 1. The molecule has 0 radical (unpaired) electrons. The Kier molecular flexibility index (Phi) is 5.81. The summed E-state index contributed by atoms with van der Waals surface area (Å²) in [7, 11) is 0. The number of rotatable bonds is 6. The second kappa shape index (κ2) is 8.30. The number of nitrogen functional groups attached to an aromatic ring is 1. The van der Waals surface area contributed by atoms with Gasteiger partial charge in [0.1, 0.15) is 29.1 Å². The first-order valence-corrected chi connectivity index (χ1v) is 9.25. The van der Waals surface area contributed by atoms with Crippen molar-refractivity contribution in [2.75, 3.05) is 12.3 Å². The molecule has 29 heavy (non-hydrogen) atoms. The van der Waals surface area contributed by atoms with Gasteiger partial charge in [0.2, 0.25) is 5.91 Å². The molecule has 0 unspecified atom stereocenters. The lowest BCUT2D eigenvalue weighted by Crippen LogP contribution is -2.38. The van der Waals surface area contributed by atoms with E-state index in [0.717, 1.165) is 4.68 Å². The van der Waals surface area contributed by atoms with Crippen LogP contribution in [0, 0.1) is 19.7 Å². The maximum Gasteiger partial charge on any atom is 0.290 e. The molecule has 3 N–H and O–H groups in total. The number of benzene rings is 1. The summed E-state index contributed by atoms with van der Waals surface area (Å²) in [6, 6.07) is 8.76. The van der Waals surface area contributed by atoms with E-state index in [1.807, 2.05) is 6.92 Å². The van der Waals surface area contributed by atoms with Gasteiger partial charge < -0.3 is 15.5 Å². The van der Waals surface area contributed by atoms with Gasteiger partial charge in [-0.05, 0) is 51.0 Å². The molecular weight excluding hydrogens is 375 g/mol. The second-order valence-corrected chi connectivity index (χ2v) is 6.87. The highest BCUT2D eigenvalue weighted by atomic mass is 19.1. The highest BCUT2D eigenvalue weighted by Crippen LogP contribution is 2.25. The average molecular weight is 398 g/mol. The maximum atomic E-state index is 13.7. The third-order valence-corrected chi connectivity index (χ3v) is 4.68. The maximum absolute atomic E-state index is 13.7. The van der Waals surface area contributed by atoms with Crippen molar-refractivity contribution in [2.24, 2.45) is 0 Å². The van der Waals surface area contributed by atoms with Crippen molar-refractivity contribution >= 4 is 11.6 Å². The van der Waals surface area contributed by atoms with Crippen LogP contribution in [0.3, 0.4) is 0 Å². The van der Waals surface area contributed by atoms with Gasteiger partial charge in [-0.3, -0.25) is 9.59 Å². The lowest BCUT2D eigenvalue weighted by atomic mass is 10.1. The van der Waals surface area contributed by atoms with Gasteiger partial charge in [-0.25, -0.2) is 9.07 Å². The number of carbonyl (C=O) groups excluding carboxylic acids is 1. The first kappa shape index (κ1) is 20.3. The van der Waals surface area contributed by atoms with Gasteiger partial charge in [0.05, 0.1) is 5.69 Å². The van der Waals surface area contributed by atoms with Gasteiger partial charge in [0.25, 0.3) is 5.56 Å². The Morgan fingerprint density at radius 1 is 1.31 bits per heavy atom. The topological polar surface area (TPSA) is 103 Å². The summed E-state index contributed by atoms with van der Waals surface area (Å²) in [6.07, 6.45) is 0.336. The van der Waals surface area contributed by atoms with Crippen molar-refractivity contribution < 1.29 is 13.6 Å². The van der Waals surface area contributed by atoms with Crippen LogP contribution in [0.4, 0.5) is 10.1 Å². The van der Waals surface area contributed by atoms with Crippen LogP contribution < -0.4 is 16.6 Å². The molecule has 0 saturated heterocycles. The van der Waals surface area contributed by atoms with Crippen molar-refractivity contribution in [2.45, 2.75) is 33.2 Å². The Labute approximate surface area is 167 Å². The van der Waals surface area contributed by atoms with Gasteiger partial charge >= 0.3 is 0 Å². The van der Waals surface area contributed by atoms with Gasteiger partial charge in [-0.15, -0.1) is 0 Å². The van der Waals surface area contributed by atoms with Gasteiger partial charge in [0.15, 0.2) is 0 Å². The molecule has 0 aliphatic carbocycles. The van der Waals surface area contributed by atoms with Crippen LogP contribution in [0.2, 0.25) is 0 Å². The van der Waals surface area contributed by atoms with Crippen molar-refractivity contribution in [3.05, 3.63) is 69.7 Å². The van der Waals surface area contributed by atoms with Crippen LogP contribution in [0.5, 0.6) is 0 Å². The van der Waals surface area contributed by atoms with Gasteiger partial charge in [-0.1, -0.05) is 18.2 Å². The van der Waals surface area contributed by atoms with E-state index >= 15 is 0 Å². The second-order valence-electron chi connectivity index (χ2n) is 6.87. The van der Waals surface area contributed by atoms with E-state index < -0.39 is 17.5 Å². The largest absolute Gasteiger partial charge is 0.466 e. The summed E-state index contributed by atoms with van der Waals surface area (Å²) >= 11 is 0. The number of aryl methyl sites for hydroxylation is 2. The quantitative estimate of drug-likeness (QED) is 0.665. The first-order valence-electron chi connectivity index (χ1n) is 9.25. The summed E-state index contributed by atoms with van der Waals surface area (Å²) in [5, 5.41) is 7.04. The SMILES string of the molecule is Cc1cc(-c2cc(N)c(=O)n([C@H](C)C(=O)NCCc3ccccc3F)n2)c(C)o1. The fourth-order valence-electron chi connectivity index (χ4n) is 3.09. The zero-order valence-electron chi connectivity index (χ0n) is 16.5. The molecule has 1 aromatic carbocycles. The molecule has 0 aliphatic rings. The molecule has 2 aromatic heterocycles. The van der Waals surface area contributed by atoms with Gasteiger partial charge in [-0.2, -0.15) is 5.10 Å². The number of nitrogens with one attached hydrogen (secondary N) is 1. The molecule has 0 spiro atoms. The Balaban J connectivity index is 1.78. The van der Waals surface area contributed by atoms with Crippen LogP contribution in [0.1, 0.15) is 30.0 Å². The van der Waals surface area contributed by atoms with E-state index in [-0.39, 0.29) is 18.0 Å². The zero-order chi connectivity index (χ0) is 21.1. The first-order chi connectivity index (χ1) is 13.8. The third kappa shape index (κ3) is 4.37. The van der Waals surface area contributed by atoms with Crippen molar-refractivity contribution in [1.29, 1.82) is 0 Å². The van der Waals surface area contributed by atoms with Crippen molar-refractivity contribution in [1.82, 2.24) is 15.1 Å². The molecular formula is C21H23FN4O3. The molecule has 152 valence electrons. The fraction of sp³-hybridized carbons (Fsp3) is 0.286. The molecule has 0 fully saturated rings. The Morgan fingerprint density at radius 2 is 2.03 bits per heavy atom. The van der Waals surface area contributed by atoms with E-state index in [1.165, 1.54) is 12.1 Å². The van der Waals surface area contributed by atoms with Gasteiger partial charge in [0, 0.05) is 12.1 Å². The van der Waals surface area contributed by atoms with Crippen LogP contribution in [0.25, 0.3) is 11.3 Å². The minimum atomic E-state index is -0.890. The third-order valence-electron chi connectivity index (χ3n) is 4.68. The Morgan fingerprint density at radius 3 is 2.69 bits per heavy atom. The summed E-state index contributed by atoms with van der Waals surface area (Å²) in [6.45, 7) is 5.38. The van der Waals surface area contributed by atoms with Crippen LogP contribution in [0.15, 0.2) is 45.6 Å². The number of hydrogen-bond acceptors (Lipinski definition) is 5. The minimum Gasteiger partial charge on any atom is -0.466 e. The molecule has 0 bridgehead atoms. The standard InChI is InChI=1S/C21H23FN4O3/c1-12-10-16(14(3)29-12)19-11-18(23)21(28)26(25-19)13(2)20(27)24-9-8-15-6-4-5-7-17(15)22/h4-7,10-11,13H,8-9,23H2,1-3H3,(H,24,27)/t13-/m1/s1. The predicted molar refractivity (Wildman–Crippen MR) is 108 cm³/mol. The van der Waals surface area contributed by atoms with E-state index in [2.05, 4.69) is 10.4 Å². The smallest absolute Gasteiger partial charge is 0.290 e. The number of halogens is 1. The van der Waals surface area contributed by atoms with Crippen molar-refractivity contribution in [3.8, 4) is 11.3 Å². The number of carbonyl (C=O) groups is 1. The Hall–Kier alpha value is -3.42. The lowest BCUT2D eigenvalue weighted by Gasteiger charge is -2.16. The summed E-state index contributed by atoms with van der Waals surface area (Å²) in [5.74, 6) is 0.614. The molecule has 0 aliphatic heterocycles. The van der Waals surface area contributed by atoms with Crippen LogP contribution >= 0.6 is 0 Å². The zero-order valence-corrected chi connectivity index (χ0v) is 16.5. The Bertz CT molecular complexity index is 1100. The molecule has 2 heterocycles. The average Bonchev–Trinajstić information content (AvgIpc) is 3.02. The number of nitrogens with zero attached hydrogens (tertiary/aromatic N) is 2. The lowest BCUT2D eigenvalue weighted by molar-refractivity contribution is -0.124. The van der Waals surface area contributed by atoms with E-state index in [4.69, 9.17) is 10.2 Å². The highest BCUT2D eigenvalue weighted by molar-refractivity contribution is 5.80. The number of anilines is 1. The number of aromatic nitrogens is 2. The molecule has 3 aromatic rings. The summed E-state index contributed by atoms with van der Waals surface area (Å²) in [5.41, 5.74) is 6.96. The minimum absolute atomic E-state index is 0.0146. The number of nitrogens with two attached hydrogens (primary N) is 1. The van der Waals surface area contributed by atoms with E-state index in [9.17, 15) is 14.0 Å². The fourth-order valence-corrected chi connectivity index (χ4v) is 3.09. The monoisotopic (exact) mass is 398 g/mol. The summed E-state index contributed by atoms with van der Waals surface area (Å²) in [4.78, 5) is 25.0. The van der Waals surface area contributed by atoms with Crippen LogP contribution in [-0.4, -0.2) is 22.2 Å². The van der Waals surface area contributed by atoms with Crippen LogP contribution in [-0.2, 0) is 11.2 Å². The molecule has 0 saturated carbocycles. The highest BCUT2D eigenvalue weighted by Gasteiger charge is 2.21. The number of amides is 1. The molecule has 3 rings (SSSR count). The normalized spacial score (nSPS) is 12.0. The molecule has 7 nitrogen and oxygen atoms in total. The van der Waals surface area contributed by atoms with Crippen molar-refractivity contribution in [3.63, 3.8) is 0 Å². The van der Waals surface area contributed by atoms with E-state index in [1.54, 1.807) is 38.1 Å². The predicted octanol–water partition coefficient (Wildman–Crippen LogP) is 2.76. The number of hydrogen-bond donors (Lipinski definition) is 2. The molecule has 1 amide bonds. The summed E-state index contributed by atoms with van der Waals surface area (Å²) < 4.78 is 20.3. The molecule has 1 atom stereocenters. The van der Waals surface area contributed by atoms with E-state index in [0.29, 0.717) is 34.8 Å².